The van der Waals surface area contributed by atoms with E-state index >= 15 is 0 Å². The van der Waals surface area contributed by atoms with Crippen molar-refractivity contribution < 1.29 is 4.79 Å². The first-order valence-electron chi connectivity index (χ1n) is 5.73. The van der Waals surface area contributed by atoms with E-state index in [1.807, 2.05) is 0 Å². The fraction of sp³-hybridized carbons (Fsp3) is 0.769. The lowest BCUT2D eigenvalue weighted by Crippen LogP contribution is -2.26. The van der Waals surface area contributed by atoms with E-state index in [4.69, 9.17) is 0 Å². The molecule has 0 N–H and O–H groups in total. The summed E-state index contributed by atoms with van der Waals surface area (Å²) in [5, 5.41) is 0. The molecule has 1 aliphatic rings. The highest BCUT2D eigenvalue weighted by atomic mass is 16.1. The first-order valence-corrected chi connectivity index (χ1v) is 5.73. The standard InChI is InChI=1S/C13H22O/c1-9(2)13(10(3)4)11-5-7-12(14)8-6-11/h5,7,9-11,13H,6,8H2,1-4H3. The molecule has 0 saturated carbocycles. The SMILES string of the molecule is CC(C)C(C(C)C)C1C=CC(=O)CC1. The summed E-state index contributed by atoms with van der Waals surface area (Å²) in [7, 11) is 0. The van der Waals surface area contributed by atoms with Gasteiger partial charge in [0.15, 0.2) is 5.78 Å². The minimum atomic E-state index is 0.299. The molecular formula is C13H22O. The Morgan fingerprint density at radius 3 is 2.14 bits per heavy atom. The van der Waals surface area contributed by atoms with Crippen molar-refractivity contribution in [1.82, 2.24) is 0 Å². The summed E-state index contributed by atoms with van der Waals surface area (Å²) < 4.78 is 0. The Hall–Kier alpha value is -0.590. The third-order valence-electron chi connectivity index (χ3n) is 3.29. The quantitative estimate of drug-likeness (QED) is 0.672. The van der Waals surface area contributed by atoms with Gasteiger partial charge >= 0.3 is 0 Å². The molecule has 0 saturated heterocycles. The normalized spacial score (nSPS) is 22.8. The number of hydrogen-bond donors (Lipinski definition) is 0. The van der Waals surface area contributed by atoms with E-state index in [0.29, 0.717) is 23.5 Å². The van der Waals surface area contributed by atoms with Gasteiger partial charge in [0.2, 0.25) is 0 Å². The van der Waals surface area contributed by atoms with Crippen LogP contribution in [0.4, 0.5) is 0 Å². The van der Waals surface area contributed by atoms with Crippen LogP contribution in [-0.4, -0.2) is 5.78 Å². The largest absolute Gasteiger partial charge is 0.295 e. The number of rotatable bonds is 3. The van der Waals surface area contributed by atoms with Gasteiger partial charge in [-0.25, -0.2) is 0 Å². The van der Waals surface area contributed by atoms with Gasteiger partial charge in [0.1, 0.15) is 0 Å². The second kappa shape index (κ2) is 4.77. The Balaban J connectivity index is 2.70. The van der Waals surface area contributed by atoms with Gasteiger partial charge in [0, 0.05) is 6.42 Å². The van der Waals surface area contributed by atoms with Crippen molar-refractivity contribution in [2.45, 2.75) is 40.5 Å². The van der Waals surface area contributed by atoms with Crippen molar-refractivity contribution in [3.63, 3.8) is 0 Å². The smallest absolute Gasteiger partial charge is 0.155 e. The third-order valence-corrected chi connectivity index (χ3v) is 3.29. The minimum absolute atomic E-state index is 0.299. The Morgan fingerprint density at radius 2 is 1.79 bits per heavy atom. The molecule has 0 aromatic rings. The molecule has 0 radical (unpaired) electrons. The molecule has 1 rings (SSSR count). The molecule has 0 aromatic heterocycles. The van der Waals surface area contributed by atoms with Crippen LogP contribution in [0.3, 0.4) is 0 Å². The fourth-order valence-electron chi connectivity index (χ4n) is 2.80. The van der Waals surface area contributed by atoms with Crippen molar-refractivity contribution in [2.24, 2.45) is 23.7 Å². The molecule has 1 nitrogen and oxygen atoms in total. The average Bonchev–Trinajstić information content (AvgIpc) is 2.07. The molecule has 0 heterocycles. The number of ketones is 1. The molecule has 1 unspecified atom stereocenters. The summed E-state index contributed by atoms with van der Waals surface area (Å²) >= 11 is 0. The zero-order chi connectivity index (χ0) is 10.7. The highest BCUT2D eigenvalue weighted by Gasteiger charge is 2.27. The van der Waals surface area contributed by atoms with E-state index in [1.54, 1.807) is 6.08 Å². The van der Waals surface area contributed by atoms with Crippen LogP contribution in [0.15, 0.2) is 12.2 Å². The maximum absolute atomic E-state index is 11.1. The topological polar surface area (TPSA) is 17.1 Å². The zero-order valence-electron chi connectivity index (χ0n) is 9.79. The Bertz CT molecular complexity index is 217. The number of allylic oxidation sites excluding steroid dienone is 2. The average molecular weight is 194 g/mol. The summed E-state index contributed by atoms with van der Waals surface area (Å²) in [5.74, 6) is 3.05. The fourth-order valence-corrected chi connectivity index (χ4v) is 2.80. The van der Waals surface area contributed by atoms with Crippen LogP contribution in [-0.2, 0) is 4.79 Å². The lowest BCUT2D eigenvalue weighted by Gasteiger charge is -2.32. The molecule has 0 bridgehead atoms. The summed E-state index contributed by atoms with van der Waals surface area (Å²) in [4.78, 5) is 11.1. The van der Waals surface area contributed by atoms with Gasteiger partial charge in [-0.3, -0.25) is 4.79 Å². The second-order valence-corrected chi connectivity index (χ2v) is 5.09. The zero-order valence-corrected chi connectivity index (χ0v) is 9.79. The van der Waals surface area contributed by atoms with Crippen LogP contribution in [0.2, 0.25) is 0 Å². The van der Waals surface area contributed by atoms with Crippen LogP contribution in [0, 0.1) is 23.7 Å². The number of carbonyl (C=O) groups excluding carboxylic acids is 1. The summed E-state index contributed by atoms with van der Waals surface area (Å²) in [5.41, 5.74) is 0. The molecule has 80 valence electrons. The molecule has 1 atom stereocenters. The van der Waals surface area contributed by atoms with Gasteiger partial charge in [0.05, 0.1) is 0 Å². The summed E-state index contributed by atoms with van der Waals surface area (Å²) in [6.45, 7) is 9.15. The van der Waals surface area contributed by atoms with Gasteiger partial charge in [0.25, 0.3) is 0 Å². The summed E-state index contributed by atoms with van der Waals surface area (Å²) in [6.07, 6.45) is 5.72. The lowest BCUT2D eigenvalue weighted by molar-refractivity contribution is -0.115. The molecule has 0 aliphatic heterocycles. The van der Waals surface area contributed by atoms with Crippen LogP contribution in [0.25, 0.3) is 0 Å². The minimum Gasteiger partial charge on any atom is -0.295 e. The van der Waals surface area contributed by atoms with Crippen molar-refractivity contribution in [3.8, 4) is 0 Å². The first kappa shape index (κ1) is 11.5. The van der Waals surface area contributed by atoms with Crippen molar-refractivity contribution in [3.05, 3.63) is 12.2 Å². The molecular weight excluding hydrogens is 172 g/mol. The van der Waals surface area contributed by atoms with E-state index in [-0.39, 0.29) is 0 Å². The first-order chi connectivity index (χ1) is 6.52. The molecule has 14 heavy (non-hydrogen) atoms. The van der Waals surface area contributed by atoms with Gasteiger partial charge in [-0.1, -0.05) is 33.8 Å². The summed E-state index contributed by atoms with van der Waals surface area (Å²) in [6, 6.07) is 0. The highest BCUT2D eigenvalue weighted by molar-refractivity contribution is 5.90. The maximum atomic E-state index is 11.1. The van der Waals surface area contributed by atoms with Gasteiger partial charge in [-0.15, -0.1) is 0 Å². The van der Waals surface area contributed by atoms with E-state index < -0.39 is 0 Å². The third kappa shape index (κ3) is 2.70. The number of hydrogen-bond acceptors (Lipinski definition) is 1. The molecule has 1 heteroatoms. The van der Waals surface area contributed by atoms with Gasteiger partial charge in [-0.05, 0) is 36.2 Å². The predicted molar refractivity (Wildman–Crippen MR) is 60.0 cm³/mol. The molecule has 0 aromatic carbocycles. The van der Waals surface area contributed by atoms with E-state index in [9.17, 15) is 4.79 Å². The molecule has 0 fully saturated rings. The van der Waals surface area contributed by atoms with Crippen molar-refractivity contribution in [1.29, 1.82) is 0 Å². The predicted octanol–water partition coefficient (Wildman–Crippen LogP) is 3.45. The van der Waals surface area contributed by atoms with Crippen LogP contribution in [0.5, 0.6) is 0 Å². The van der Waals surface area contributed by atoms with E-state index in [1.165, 1.54) is 0 Å². The van der Waals surface area contributed by atoms with Gasteiger partial charge in [-0.2, -0.15) is 0 Å². The Kier molecular flexibility index (Phi) is 3.91. The Labute approximate surface area is 87.6 Å². The van der Waals surface area contributed by atoms with Gasteiger partial charge < -0.3 is 0 Å². The monoisotopic (exact) mass is 194 g/mol. The van der Waals surface area contributed by atoms with Crippen molar-refractivity contribution >= 4 is 5.78 Å². The van der Waals surface area contributed by atoms with Crippen LogP contribution in [0.1, 0.15) is 40.5 Å². The second-order valence-electron chi connectivity index (χ2n) is 5.09. The van der Waals surface area contributed by atoms with Crippen LogP contribution < -0.4 is 0 Å². The number of carbonyl (C=O) groups is 1. The lowest BCUT2D eigenvalue weighted by atomic mass is 9.72. The van der Waals surface area contributed by atoms with Crippen molar-refractivity contribution in [2.75, 3.05) is 0 Å². The molecule has 1 aliphatic carbocycles. The maximum Gasteiger partial charge on any atom is 0.155 e. The molecule has 0 spiro atoms. The van der Waals surface area contributed by atoms with Crippen LogP contribution >= 0.6 is 0 Å². The molecule has 0 amide bonds. The highest BCUT2D eigenvalue weighted by Crippen LogP contribution is 2.34. The van der Waals surface area contributed by atoms with E-state index in [2.05, 4.69) is 33.8 Å². The van der Waals surface area contributed by atoms with E-state index in [0.717, 1.165) is 18.8 Å². The Morgan fingerprint density at radius 1 is 1.21 bits per heavy atom.